The average Bonchev–Trinajstić information content (AvgIpc) is 2.19. The Labute approximate surface area is 107 Å². The van der Waals surface area contributed by atoms with Crippen molar-refractivity contribution in [3.63, 3.8) is 0 Å². The van der Waals surface area contributed by atoms with Crippen LogP contribution < -0.4 is 6.15 Å². The quantitative estimate of drug-likeness (QED) is 0.456. The Bertz CT molecular complexity index is 240. The van der Waals surface area contributed by atoms with Gasteiger partial charge in [0.2, 0.25) is 0 Å². The van der Waals surface area contributed by atoms with Gasteiger partial charge in [-0.2, -0.15) is 0 Å². The summed E-state index contributed by atoms with van der Waals surface area (Å²) < 4.78 is 30.9. The first-order valence-corrected chi connectivity index (χ1v) is 8.07. The van der Waals surface area contributed by atoms with E-state index in [1.165, 1.54) is 44.9 Å². The lowest BCUT2D eigenvalue weighted by molar-refractivity contribution is 0.459. The predicted octanol–water partition coefficient (Wildman–Crippen LogP) is 3.61. The van der Waals surface area contributed by atoms with Gasteiger partial charge >= 0.3 is 0 Å². The van der Waals surface area contributed by atoms with Crippen molar-refractivity contribution < 1.29 is 13.0 Å². The van der Waals surface area contributed by atoms with Crippen molar-refractivity contribution in [2.45, 2.75) is 71.1 Å². The Morgan fingerprint density at radius 2 is 1.12 bits per heavy atom. The summed E-state index contributed by atoms with van der Waals surface area (Å²) in [6.45, 7) is 2.21. The van der Waals surface area contributed by atoms with Crippen molar-refractivity contribution in [1.29, 1.82) is 0 Å². The molecule has 17 heavy (non-hydrogen) atoms. The molecular weight excluding hydrogens is 238 g/mol. The highest BCUT2D eigenvalue weighted by Gasteiger charge is 1.96. The maximum Gasteiger partial charge on any atom is 0.0945 e. The van der Waals surface area contributed by atoms with Crippen LogP contribution in [0.25, 0.3) is 0 Å². The lowest BCUT2D eigenvalue weighted by atomic mass is 10.1. The lowest BCUT2D eigenvalue weighted by Gasteiger charge is -2.05. The van der Waals surface area contributed by atoms with Crippen LogP contribution in [-0.2, 0) is 10.1 Å². The second-order valence-electron chi connectivity index (χ2n) is 4.44. The molecule has 0 aliphatic rings. The largest absolute Gasteiger partial charge is 0.748 e. The fourth-order valence-electron chi connectivity index (χ4n) is 1.77. The molecule has 0 aromatic carbocycles. The smallest absolute Gasteiger partial charge is 0.0945 e. The van der Waals surface area contributed by atoms with Crippen LogP contribution in [0.5, 0.6) is 0 Å². The Balaban J connectivity index is 0. The van der Waals surface area contributed by atoms with Gasteiger partial charge in [-0.3, -0.25) is 0 Å². The monoisotopic (exact) mass is 266 g/mol. The molecule has 0 rings (SSSR count). The van der Waals surface area contributed by atoms with E-state index in [-0.39, 0.29) is 11.9 Å². The predicted molar refractivity (Wildman–Crippen MR) is 71.4 cm³/mol. The molecule has 0 aliphatic heterocycles. The Kier molecular flexibility index (Phi) is 13.9. The molecule has 0 atom stereocenters. The van der Waals surface area contributed by atoms with Gasteiger partial charge in [-0.15, -0.1) is 0 Å². The fraction of sp³-hybridized carbons (Fsp3) is 1.00. The summed E-state index contributed by atoms with van der Waals surface area (Å²) in [5, 5.41) is 0. The minimum Gasteiger partial charge on any atom is -0.748 e. The first kappa shape index (κ1) is 19.2. The zero-order valence-corrected chi connectivity index (χ0v) is 11.9. The van der Waals surface area contributed by atoms with Gasteiger partial charge in [-0.25, -0.2) is 8.42 Å². The van der Waals surface area contributed by atoms with Crippen LogP contribution in [0.3, 0.4) is 0 Å². The highest BCUT2D eigenvalue weighted by molar-refractivity contribution is 7.85. The van der Waals surface area contributed by atoms with Gasteiger partial charge in [-0.05, 0) is 6.42 Å². The van der Waals surface area contributed by atoms with Crippen molar-refractivity contribution in [3.05, 3.63) is 0 Å². The summed E-state index contributed by atoms with van der Waals surface area (Å²) in [5.41, 5.74) is 0. The summed E-state index contributed by atoms with van der Waals surface area (Å²) in [7, 11) is -3.98. The van der Waals surface area contributed by atoms with Crippen LogP contribution in [0.4, 0.5) is 0 Å². The molecule has 106 valence electrons. The van der Waals surface area contributed by atoms with E-state index in [1.54, 1.807) is 0 Å². The Hall–Kier alpha value is -0.130. The molecule has 3 N–H and O–H groups in total. The second kappa shape index (κ2) is 12.3. The van der Waals surface area contributed by atoms with Crippen LogP contribution in [0.2, 0.25) is 0 Å². The van der Waals surface area contributed by atoms with Crippen LogP contribution in [0.1, 0.15) is 71.1 Å². The van der Waals surface area contributed by atoms with E-state index in [2.05, 4.69) is 6.92 Å². The van der Waals surface area contributed by atoms with E-state index in [0.29, 0.717) is 6.42 Å². The third-order valence-corrected chi connectivity index (χ3v) is 3.54. The number of hydrogen-bond acceptors (Lipinski definition) is 4. The molecule has 0 heterocycles. The zero-order chi connectivity index (χ0) is 12.3. The van der Waals surface area contributed by atoms with Crippen LogP contribution in [0, 0.1) is 0 Å². The van der Waals surface area contributed by atoms with Gasteiger partial charge in [0.25, 0.3) is 0 Å². The molecule has 0 aliphatic carbocycles. The summed E-state index contributed by atoms with van der Waals surface area (Å²) in [6, 6.07) is 0. The lowest BCUT2D eigenvalue weighted by Crippen LogP contribution is -2.03. The molecule has 4 nitrogen and oxygen atoms in total. The van der Waals surface area contributed by atoms with E-state index < -0.39 is 10.1 Å². The van der Waals surface area contributed by atoms with Gasteiger partial charge in [-0.1, -0.05) is 64.7 Å². The average molecular weight is 266 g/mol. The third kappa shape index (κ3) is 18.4. The molecule has 5 heteroatoms. The molecule has 0 spiro atoms. The standard InChI is InChI=1S/C12H26O3S.H3N/c1-2-3-4-5-6-7-8-9-10-11-12-16(13,14)15;/h2-12H2,1H3,(H,13,14,15);1H3/p-1. The molecule has 0 unspecified atom stereocenters. The van der Waals surface area contributed by atoms with E-state index in [9.17, 15) is 13.0 Å². The first-order valence-electron chi connectivity index (χ1n) is 6.50. The minimum absolute atomic E-state index is 0. The molecule has 0 fully saturated rings. The van der Waals surface area contributed by atoms with Crippen LogP contribution in [-0.4, -0.2) is 18.7 Å². The topological polar surface area (TPSA) is 92.2 Å². The van der Waals surface area contributed by atoms with E-state index in [1.807, 2.05) is 0 Å². The van der Waals surface area contributed by atoms with Crippen molar-refractivity contribution in [2.75, 3.05) is 5.75 Å². The molecule has 0 amide bonds. The van der Waals surface area contributed by atoms with Crippen molar-refractivity contribution in [2.24, 2.45) is 0 Å². The van der Waals surface area contributed by atoms with Crippen LogP contribution in [0.15, 0.2) is 0 Å². The summed E-state index contributed by atoms with van der Waals surface area (Å²) in [6.07, 6.45) is 11.4. The maximum atomic E-state index is 10.3. The summed E-state index contributed by atoms with van der Waals surface area (Å²) in [4.78, 5) is 0. The fourth-order valence-corrected chi connectivity index (χ4v) is 2.32. The molecule has 0 bridgehead atoms. The minimum atomic E-state index is -3.98. The number of rotatable bonds is 11. The highest BCUT2D eigenvalue weighted by atomic mass is 32.2. The van der Waals surface area contributed by atoms with Gasteiger partial charge < -0.3 is 10.7 Å². The molecule has 0 saturated carbocycles. The zero-order valence-electron chi connectivity index (χ0n) is 11.1. The molecular formula is C12H28NO3S-. The normalized spacial score (nSPS) is 11.2. The van der Waals surface area contributed by atoms with Gasteiger partial charge in [0.15, 0.2) is 0 Å². The van der Waals surface area contributed by atoms with Crippen LogP contribution >= 0.6 is 0 Å². The first-order chi connectivity index (χ1) is 7.56. The van der Waals surface area contributed by atoms with Crippen molar-refractivity contribution in [1.82, 2.24) is 6.15 Å². The van der Waals surface area contributed by atoms with Gasteiger partial charge in [0.05, 0.1) is 10.1 Å². The van der Waals surface area contributed by atoms with E-state index in [4.69, 9.17) is 0 Å². The van der Waals surface area contributed by atoms with E-state index in [0.717, 1.165) is 12.8 Å². The molecule has 0 saturated heterocycles. The van der Waals surface area contributed by atoms with Gasteiger partial charge in [0.1, 0.15) is 0 Å². The summed E-state index contributed by atoms with van der Waals surface area (Å²) >= 11 is 0. The molecule has 0 aromatic rings. The number of hydrogen-bond donors (Lipinski definition) is 1. The second-order valence-corrected chi connectivity index (χ2v) is 5.97. The number of unbranched alkanes of at least 4 members (excludes halogenated alkanes) is 9. The highest BCUT2D eigenvalue weighted by Crippen LogP contribution is 2.10. The molecule has 0 aromatic heterocycles. The molecule has 0 radical (unpaired) electrons. The Morgan fingerprint density at radius 3 is 1.47 bits per heavy atom. The SMILES string of the molecule is CCCCCCCCCCCCS(=O)(=O)[O-].N. The Morgan fingerprint density at radius 1 is 0.765 bits per heavy atom. The van der Waals surface area contributed by atoms with Crippen molar-refractivity contribution in [3.8, 4) is 0 Å². The summed E-state index contributed by atoms with van der Waals surface area (Å²) in [5.74, 6) is -0.191. The van der Waals surface area contributed by atoms with Gasteiger partial charge in [0, 0.05) is 5.75 Å². The maximum absolute atomic E-state index is 10.3. The van der Waals surface area contributed by atoms with Crippen molar-refractivity contribution >= 4 is 10.1 Å². The van der Waals surface area contributed by atoms with E-state index >= 15 is 0 Å². The third-order valence-electron chi connectivity index (χ3n) is 2.75.